The molecule has 1 aromatic heterocycles. The Balaban J connectivity index is 1.66. The van der Waals surface area contributed by atoms with Gasteiger partial charge in [0.1, 0.15) is 5.75 Å². The third kappa shape index (κ3) is 3.05. The van der Waals surface area contributed by atoms with Crippen molar-refractivity contribution >= 4 is 0 Å². The molecule has 0 unspecified atom stereocenters. The summed E-state index contributed by atoms with van der Waals surface area (Å²) in [5.74, 6) is 0.774. The quantitative estimate of drug-likeness (QED) is 0.873. The van der Waals surface area contributed by atoms with Crippen molar-refractivity contribution in [1.82, 2.24) is 15.3 Å². The average molecular weight is 241 g/mol. The van der Waals surface area contributed by atoms with Crippen LogP contribution in [0.15, 0.2) is 42.7 Å². The Morgan fingerprint density at radius 1 is 1.17 bits per heavy atom. The van der Waals surface area contributed by atoms with Crippen LogP contribution in [0.4, 0.5) is 0 Å². The molecule has 0 saturated heterocycles. The normalized spacial score (nSPS) is 14.4. The minimum atomic E-state index is 0.379. The van der Waals surface area contributed by atoms with Gasteiger partial charge in [-0.25, -0.2) is 9.97 Å². The summed E-state index contributed by atoms with van der Waals surface area (Å²) in [5, 5.41) is 3.48. The SMILES string of the molecule is c1cnc(Oc2cccc(CNC3CC3)c2)nc1. The summed E-state index contributed by atoms with van der Waals surface area (Å²) in [6, 6.07) is 10.9. The van der Waals surface area contributed by atoms with E-state index in [1.165, 1.54) is 18.4 Å². The maximum absolute atomic E-state index is 5.59. The second kappa shape index (κ2) is 5.14. The first-order chi connectivity index (χ1) is 8.90. The molecule has 2 aromatic rings. The predicted molar refractivity (Wildman–Crippen MR) is 68.4 cm³/mol. The van der Waals surface area contributed by atoms with E-state index in [1.807, 2.05) is 18.2 Å². The van der Waals surface area contributed by atoms with Gasteiger partial charge < -0.3 is 10.1 Å². The summed E-state index contributed by atoms with van der Waals surface area (Å²) in [4.78, 5) is 8.08. The lowest BCUT2D eigenvalue weighted by Gasteiger charge is -2.06. The highest BCUT2D eigenvalue weighted by atomic mass is 16.5. The summed E-state index contributed by atoms with van der Waals surface area (Å²) in [6.45, 7) is 0.886. The van der Waals surface area contributed by atoms with E-state index in [2.05, 4.69) is 21.4 Å². The largest absolute Gasteiger partial charge is 0.424 e. The number of rotatable bonds is 5. The third-order valence-electron chi connectivity index (χ3n) is 2.82. The zero-order valence-corrected chi connectivity index (χ0v) is 10.0. The number of hydrogen-bond acceptors (Lipinski definition) is 4. The number of hydrogen-bond donors (Lipinski definition) is 1. The first kappa shape index (κ1) is 11.2. The molecule has 1 aromatic carbocycles. The fourth-order valence-corrected chi connectivity index (χ4v) is 1.71. The van der Waals surface area contributed by atoms with Gasteiger partial charge in [-0.15, -0.1) is 0 Å². The molecule has 0 amide bonds. The Kier molecular flexibility index (Phi) is 3.19. The Bertz CT molecular complexity index is 511. The van der Waals surface area contributed by atoms with E-state index in [0.717, 1.165) is 12.3 Å². The Hall–Kier alpha value is -1.94. The van der Waals surface area contributed by atoms with Crippen molar-refractivity contribution in [2.24, 2.45) is 0 Å². The Morgan fingerprint density at radius 2 is 2.00 bits per heavy atom. The maximum atomic E-state index is 5.59. The topological polar surface area (TPSA) is 47.0 Å². The van der Waals surface area contributed by atoms with Crippen LogP contribution in [0.5, 0.6) is 11.8 Å². The van der Waals surface area contributed by atoms with Crippen molar-refractivity contribution in [3.63, 3.8) is 0 Å². The summed E-state index contributed by atoms with van der Waals surface area (Å²) in [7, 11) is 0. The van der Waals surface area contributed by atoms with Gasteiger partial charge in [-0.05, 0) is 36.6 Å². The van der Waals surface area contributed by atoms with Gasteiger partial charge in [0.25, 0.3) is 0 Å². The predicted octanol–water partition coefficient (Wildman–Crippen LogP) is 2.52. The number of ether oxygens (including phenoxy) is 1. The third-order valence-corrected chi connectivity index (χ3v) is 2.82. The lowest BCUT2D eigenvalue weighted by atomic mass is 10.2. The molecule has 92 valence electrons. The summed E-state index contributed by atoms with van der Waals surface area (Å²) < 4.78 is 5.59. The molecule has 4 nitrogen and oxygen atoms in total. The van der Waals surface area contributed by atoms with Gasteiger partial charge in [0, 0.05) is 25.0 Å². The zero-order chi connectivity index (χ0) is 12.2. The molecule has 0 aliphatic heterocycles. The second-order valence-corrected chi connectivity index (χ2v) is 4.44. The van der Waals surface area contributed by atoms with E-state index in [-0.39, 0.29) is 0 Å². The van der Waals surface area contributed by atoms with Crippen LogP contribution in [0.3, 0.4) is 0 Å². The average Bonchev–Trinajstić information content (AvgIpc) is 3.22. The molecule has 1 aliphatic rings. The monoisotopic (exact) mass is 241 g/mol. The molecule has 1 saturated carbocycles. The van der Waals surface area contributed by atoms with Crippen LogP contribution in [-0.4, -0.2) is 16.0 Å². The van der Waals surface area contributed by atoms with Crippen LogP contribution in [0.1, 0.15) is 18.4 Å². The van der Waals surface area contributed by atoms with Gasteiger partial charge in [0.05, 0.1) is 0 Å². The van der Waals surface area contributed by atoms with E-state index in [9.17, 15) is 0 Å². The van der Waals surface area contributed by atoms with Gasteiger partial charge in [-0.2, -0.15) is 0 Å². The molecular formula is C14H15N3O. The molecule has 1 N–H and O–H groups in total. The zero-order valence-electron chi connectivity index (χ0n) is 10.0. The van der Waals surface area contributed by atoms with Crippen LogP contribution in [0.2, 0.25) is 0 Å². The molecule has 4 heteroatoms. The van der Waals surface area contributed by atoms with Gasteiger partial charge in [-0.1, -0.05) is 12.1 Å². The van der Waals surface area contributed by atoms with Crippen molar-refractivity contribution in [3.8, 4) is 11.8 Å². The fourth-order valence-electron chi connectivity index (χ4n) is 1.71. The van der Waals surface area contributed by atoms with E-state index in [1.54, 1.807) is 18.5 Å². The highest BCUT2D eigenvalue weighted by molar-refractivity contribution is 5.30. The second-order valence-electron chi connectivity index (χ2n) is 4.44. The molecule has 1 heterocycles. The molecule has 3 rings (SSSR count). The summed E-state index contributed by atoms with van der Waals surface area (Å²) in [6.07, 6.45) is 5.93. The number of nitrogens with zero attached hydrogens (tertiary/aromatic N) is 2. The van der Waals surface area contributed by atoms with Crippen LogP contribution in [-0.2, 0) is 6.54 Å². The summed E-state index contributed by atoms with van der Waals surface area (Å²) >= 11 is 0. The molecule has 18 heavy (non-hydrogen) atoms. The standard InChI is InChI=1S/C14H15N3O/c1-3-11(10-17-12-5-6-12)9-13(4-1)18-14-15-7-2-8-16-14/h1-4,7-9,12,17H,5-6,10H2. The van der Waals surface area contributed by atoms with Crippen LogP contribution in [0.25, 0.3) is 0 Å². The first-order valence-electron chi connectivity index (χ1n) is 6.17. The van der Waals surface area contributed by atoms with Crippen molar-refractivity contribution in [3.05, 3.63) is 48.3 Å². The van der Waals surface area contributed by atoms with Gasteiger partial charge in [0.15, 0.2) is 0 Å². The molecule has 1 aliphatic carbocycles. The highest BCUT2D eigenvalue weighted by Gasteiger charge is 2.19. The molecule has 0 bridgehead atoms. The van der Waals surface area contributed by atoms with Crippen LogP contribution in [0, 0.1) is 0 Å². The minimum Gasteiger partial charge on any atom is -0.424 e. The highest BCUT2D eigenvalue weighted by Crippen LogP contribution is 2.21. The first-order valence-corrected chi connectivity index (χ1v) is 6.17. The van der Waals surface area contributed by atoms with E-state index >= 15 is 0 Å². The number of aromatic nitrogens is 2. The van der Waals surface area contributed by atoms with Gasteiger partial charge >= 0.3 is 6.01 Å². The van der Waals surface area contributed by atoms with Crippen LogP contribution >= 0.6 is 0 Å². The fraction of sp³-hybridized carbons (Fsp3) is 0.286. The molecule has 1 fully saturated rings. The number of nitrogens with one attached hydrogen (secondary N) is 1. The van der Waals surface area contributed by atoms with Crippen molar-refractivity contribution in [1.29, 1.82) is 0 Å². The maximum Gasteiger partial charge on any atom is 0.321 e. The lowest BCUT2D eigenvalue weighted by Crippen LogP contribution is -2.15. The summed E-state index contributed by atoms with van der Waals surface area (Å²) in [5.41, 5.74) is 1.22. The van der Waals surface area contributed by atoms with Crippen molar-refractivity contribution in [2.75, 3.05) is 0 Å². The van der Waals surface area contributed by atoms with E-state index in [4.69, 9.17) is 4.74 Å². The van der Waals surface area contributed by atoms with Crippen molar-refractivity contribution in [2.45, 2.75) is 25.4 Å². The Labute approximate surface area is 106 Å². The van der Waals surface area contributed by atoms with Crippen LogP contribution < -0.4 is 10.1 Å². The van der Waals surface area contributed by atoms with Crippen molar-refractivity contribution < 1.29 is 4.74 Å². The molecule has 0 atom stereocenters. The van der Waals surface area contributed by atoms with E-state index < -0.39 is 0 Å². The molecule has 0 spiro atoms. The minimum absolute atomic E-state index is 0.379. The van der Waals surface area contributed by atoms with Gasteiger partial charge in [-0.3, -0.25) is 0 Å². The Morgan fingerprint density at radius 3 is 2.78 bits per heavy atom. The number of benzene rings is 1. The molecule has 0 radical (unpaired) electrons. The van der Waals surface area contributed by atoms with Gasteiger partial charge in [0.2, 0.25) is 0 Å². The lowest BCUT2D eigenvalue weighted by molar-refractivity contribution is 0.441. The van der Waals surface area contributed by atoms with E-state index in [0.29, 0.717) is 12.1 Å². The molecular weight excluding hydrogens is 226 g/mol. The smallest absolute Gasteiger partial charge is 0.321 e.